The molecule has 3 heterocycles. The molecule has 2 aliphatic heterocycles. The molecule has 42 heavy (non-hydrogen) atoms. The monoisotopic (exact) mass is 590 g/mol. The highest BCUT2D eigenvalue weighted by Gasteiger charge is 2.24. The second kappa shape index (κ2) is 13.4. The van der Waals surface area contributed by atoms with Gasteiger partial charge in [0, 0.05) is 52.0 Å². The van der Waals surface area contributed by atoms with Gasteiger partial charge in [0.2, 0.25) is 0 Å². The molecule has 220 valence electrons. The van der Waals surface area contributed by atoms with Crippen molar-refractivity contribution in [1.29, 1.82) is 0 Å². The summed E-state index contributed by atoms with van der Waals surface area (Å²) in [6.07, 6.45) is 1.28. The second-order valence-corrected chi connectivity index (χ2v) is 11.0. The fourth-order valence-corrected chi connectivity index (χ4v) is 5.12. The average Bonchev–Trinajstić information content (AvgIpc) is 3.26. The van der Waals surface area contributed by atoms with E-state index in [0.717, 1.165) is 54.3 Å². The number of aromatic carboxylic acids is 1. The maximum atomic E-state index is 13.2. The Labute approximate surface area is 250 Å². The number of carboxylic acid groups (broad SMARTS) is 1. The van der Waals surface area contributed by atoms with Crippen LogP contribution in [0.15, 0.2) is 60.7 Å². The normalized spacial score (nSPS) is 15.1. The van der Waals surface area contributed by atoms with Crippen LogP contribution in [0.1, 0.15) is 44.1 Å². The van der Waals surface area contributed by atoms with Gasteiger partial charge in [0.05, 0.1) is 28.2 Å². The van der Waals surface area contributed by atoms with Crippen molar-refractivity contribution in [2.24, 2.45) is 7.05 Å². The number of hydrogen-bond donors (Lipinski definition) is 1. The molecule has 0 aliphatic carbocycles. The van der Waals surface area contributed by atoms with E-state index in [1.54, 1.807) is 18.2 Å². The van der Waals surface area contributed by atoms with E-state index in [2.05, 4.69) is 4.90 Å². The quantitative estimate of drug-likeness (QED) is 0.317. The lowest BCUT2D eigenvalue weighted by atomic mass is 10.1. The zero-order valence-electron chi connectivity index (χ0n) is 23.9. The lowest BCUT2D eigenvalue weighted by Gasteiger charge is -2.34. The van der Waals surface area contributed by atoms with E-state index in [1.165, 1.54) is 6.42 Å². The van der Waals surface area contributed by atoms with Crippen LogP contribution >= 0.6 is 11.6 Å². The van der Waals surface area contributed by atoms with Crippen LogP contribution in [0.3, 0.4) is 0 Å². The number of carboxylic acids is 1. The van der Waals surface area contributed by atoms with E-state index in [9.17, 15) is 14.7 Å². The Bertz CT molecular complexity index is 1570. The SMILES string of the molecule is C1COC1.Cc1ccc(OCc2cccc(C(=O)N3CCN(Cc4nc5ccc(C(=O)O)cc5n4C)CC3)c2)c(Cl)c1. The smallest absolute Gasteiger partial charge is 0.335 e. The van der Waals surface area contributed by atoms with Crippen LogP contribution in [0, 0.1) is 6.92 Å². The third-order valence-corrected chi connectivity index (χ3v) is 7.77. The maximum absolute atomic E-state index is 13.2. The highest BCUT2D eigenvalue weighted by Crippen LogP contribution is 2.26. The first-order chi connectivity index (χ1) is 20.3. The molecule has 4 aromatic rings. The summed E-state index contributed by atoms with van der Waals surface area (Å²) < 4.78 is 12.5. The van der Waals surface area contributed by atoms with Crippen LogP contribution in [-0.4, -0.2) is 75.7 Å². The van der Waals surface area contributed by atoms with E-state index in [0.29, 0.717) is 42.6 Å². The first-order valence-electron chi connectivity index (χ1n) is 14.0. The zero-order chi connectivity index (χ0) is 29.6. The highest BCUT2D eigenvalue weighted by atomic mass is 35.5. The lowest BCUT2D eigenvalue weighted by Crippen LogP contribution is -2.48. The largest absolute Gasteiger partial charge is 0.487 e. The molecule has 1 amide bonds. The Kier molecular flexibility index (Phi) is 9.41. The first-order valence-corrected chi connectivity index (χ1v) is 14.4. The Morgan fingerprint density at radius 2 is 1.74 bits per heavy atom. The van der Waals surface area contributed by atoms with Crippen LogP contribution in [0.4, 0.5) is 0 Å². The van der Waals surface area contributed by atoms with Gasteiger partial charge in [0.15, 0.2) is 0 Å². The minimum absolute atomic E-state index is 0.00352. The van der Waals surface area contributed by atoms with Crippen LogP contribution < -0.4 is 4.74 Å². The number of benzene rings is 3. The minimum Gasteiger partial charge on any atom is -0.487 e. The summed E-state index contributed by atoms with van der Waals surface area (Å²) in [5.41, 5.74) is 4.42. The molecule has 3 aromatic carbocycles. The summed E-state index contributed by atoms with van der Waals surface area (Å²) in [5, 5.41) is 9.85. The number of aryl methyl sites for hydroxylation is 2. The number of ether oxygens (including phenoxy) is 2. The molecular weight excluding hydrogens is 556 g/mol. The third-order valence-electron chi connectivity index (χ3n) is 7.48. The van der Waals surface area contributed by atoms with Gasteiger partial charge in [-0.2, -0.15) is 0 Å². The fraction of sp³-hybridized carbons (Fsp3) is 0.344. The number of fused-ring (bicyclic) bond motifs is 1. The van der Waals surface area contributed by atoms with Gasteiger partial charge in [-0.15, -0.1) is 0 Å². The Balaban J connectivity index is 0.000000813. The number of imidazole rings is 1. The number of rotatable bonds is 7. The second-order valence-electron chi connectivity index (χ2n) is 10.6. The van der Waals surface area contributed by atoms with Crippen LogP contribution in [0.5, 0.6) is 5.75 Å². The number of hydrogen-bond acceptors (Lipinski definition) is 6. The van der Waals surface area contributed by atoms with E-state index in [-0.39, 0.29) is 11.5 Å². The van der Waals surface area contributed by atoms with Gasteiger partial charge in [-0.05, 0) is 66.9 Å². The summed E-state index contributed by atoms with van der Waals surface area (Å²) in [7, 11) is 1.90. The van der Waals surface area contributed by atoms with Gasteiger partial charge in [0.1, 0.15) is 18.2 Å². The summed E-state index contributed by atoms with van der Waals surface area (Å²) in [6.45, 7) is 7.61. The van der Waals surface area contributed by atoms with Crippen LogP contribution in [-0.2, 0) is 24.9 Å². The van der Waals surface area contributed by atoms with Crippen LogP contribution in [0.2, 0.25) is 5.02 Å². The van der Waals surface area contributed by atoms with Crippen molar-refractivity contribution in [3.63, 3.8) is 0 Å². The number of aromatic nitrogens is 2. The minimum atomic E-state index is -0.954. The molecule has 0 spiro atoms. The van der Waals surface area contributed by atoms with Crippen LogP contribution in [0.25, 0.3) is 11.0 Å². The van der Waals surface area contributed by atoms with Gasteiger partial charge in [0.25, 0.3) is 5.91 Å². The van der Waals surface area contributed by atoms with Crippen molar-refractivity contribution in [2.75, 3.05) is 39.4 Å². The number of amides is 1. The van der Waals surface area contributed by atoms with Crippen molar-refractivity contribution >= 4 is 34.5 Å². The van der Waals surface area contributed by atoms with Crippen molar-refractivity contribution in [2.45, 2.75) is 26.5 Å². The van der Waals surface area contributed by atoms with Crippen molar-refractivity contribution < 1.29 is 24.2 Å². The van der Waals surface area contributed by atoms with Crippen molar-refractivity contribution in [3.05, 3.63) is 93.8 Å². The lowest BCUT2D eigenvalue weighted by molar-refractivity contribution is 0.0367. The zero-order valence-corrected chi connectivity index (χ0v) is 24.6. The van der Waals surface area contributed by atoms with Gasteiger partial charge < -0.3 is 24.0 Å². The third kappa shape index (κ3) is 7.10. The molecular formula is C32H35ClN4O5. The standard InChI is InChI=1S/C29H29ClN4O4.C3H6O/c1-19-6-9-26(23(30)14-19)38-18-20-4-3-5-21(15-20)28(35)34-12-10-33(11-13-34)17-27-31-24-8-7-22(29(36)37)16-25(24)32(27)2;1-2-4-3-1/h3-9,14-16H,10-13,17-18H2,1-2H3,(H,36,37);1-3H2. The highest BCUT2D eigenvalue weighted by molar-refractivity contribution is 6.32. The van der Waals surface area contributed by atoms with Gasteiger partial charge in [-0.1, -0.05) is 29.8 Å². The van der Waals surface area contributed by atoms with Crippen molar-refractivity contribution in [3.8, 4) is 5.75 Å². The molecule has 1 N–H and O–H groups in total. The molecule has 0 atom stereocenters. The molecule has 2 saturated heterocycles. The first kappa shape index (κ1) is 29.6. The van der Waals surface area contributed by atoms with Gasteiger partial charge >= 0.3 is 5.97 Å². The summed E-state index contributed by atoms with van der Waals surface area (Å²) in [6, 6.07) is 18.2. The maximum Gasteiger partial charge on any atom is 0.335 e. The van der Waals surface area contributed by atoms with E-state index in [4.69, 9.17) is 26.1 Å². The molecule has 0 saturated carbocycles. The Hall–Kier alpha value is -3.92. The molecule has 9 nitrogen and oxygen atoms in total. The summed E-state index contributed by atoms with van der Waals surface area (Å²) in [4.78, 5) is 33.4. The molecule has 0 bridgehead atoms. The Morgan fingerprint density at radius 3 is 2.40 bits per heavy atom. The number of carbonyl (C=O) groups is 2. The van der Waals surface area contributed by atoms with E-state index >= 15 is 0 Å². The Morgan fingerprint density at radius 1 is 1.00 bits per heavy atom. The van der Waals surface area contributed by atoms with Gasteiger partial charge in [-0.25, -0.2) is 9.78 Å². The predicted molar refractivity (Wildman–Crippen MR) is 161 cm³/mol. The predicted octanol–water partition coefficient (Wildman–Crippen LogP) is 5.18. The average molecular weight is 591 g/mol. The molecule has 0 unspecified atom stereocenters. The number of halogens is 1. The van der Waals surface area contributed by atoms with E-state index in [1.807, 2.05) is 65.9 Å². The molecule has 0 radical (unpaired) electrons. The molecule has 6 rings (SSSR count). The summed E-state index contributed by atoms with van der Waals surface area (Å²) in [5.74, 6) is 0.532. The number of piperazine rings is 1. The molecule has 2 aliphatic rings. The molecule has 2 fully saturated rings. The number of carbonyl (C=O) groups excluding carboxylic acids is 1. The van der Waals surface area contributed by atoms with Crippen molar-refractivity contribution in [1.82, 2.24) is 19.4 Å². The van der Waals surface area contributed by atoms with Gasteiger partial charge in [-0.3, -0.25) is 9.69 Å². The molecule has 10 heteroatoms. The van der Waals surface area contributed by atoms with E-state index < -0.39 is 5.97 Å². The topological polar surface area (TPSA) is 97.1 Å². The fourth-order valence-electron chi connectivity index (χ4n) is 4.83. The summed E-state index contributed by atoms with van der Waals surface area (Å²) >= 11 is 6.27. The number of nitrogens with zero attached hydrogens (tertiary/aromatic N) is 4. The molecule has 1 aromatic heterocycles.